The number of rotatable bonds is 6. The third-order valence-electron chi connectivity index (χ3n) is 4.59. The number of aliphatic hydroxyl groups excluding tert-OH is 1. The molecule has 2 unspecified atom stereocenters. The van der Waals surface area contributed by atoms with Gasteiger partial charge in [-0.05, 0) is 36.5 Å². The van der Waals surface area contributed by atoms with Crippen LogP contribution in [0.2, 0.25) is 0 Å². The molecule has 1 saturated carbocycles. The fourth-order valence-corrected chi connectivity index (χ4v) is 3.75. The van der Waals surface area contributed by atoms with Crippen molar-refractivity contribution >= 4 is 15.9 Å². The highest BCUT2D eigenvalue weighted by molar-refractivity contribution is 9.10. The Bertz CT molecular complexity index is 404. The molecular weight excluding hydrogens is 314 g/mol. The van der Waals surface area contributed by atoms with E-state index in [9.17, 15) is 5.11 Å². The summed E-state index contributed by atoms with van der Waals surface area (Å²) in [4.78, 5) is 0. The highest BCUT2D eigenvalue weighted by Gasteiger charge is 2.22. The first-order valence-corrected chi connectivity index (χ1v) is 8.63. The van der Waals surface area contributed by atoms with Gasteiger partial charge in [0.25, 0.3) is 0 Å². The van der Waals surface area contributed by atoms with Crippen LogP contribution in [0.3, 0.4) is 0 Å². The molecule has 112 valence electrons. The van der Waals surface area contributed by atoms with Gasteiger partial charge in [0.1, 0.15) is 0 Å². The van der Waals surface area contributed by atoms with Crippen LogP contribution in [-0.2, 0) is 0 Å². The lowest BCUT2D eigenvalue weighted by molar-refractivity contribution is 0.123. The summed E-state index contributed by atoms with van der Waals surface area (Å²) < 4.78 is 1.05. The average molecular weight is 340 g/mol. The molecular formula is C17H26BrNO. The minimum absolute atomic E-state index is 0.0519. The van der Waals surface area contributed by atoms with E-state index < -0.39 is 0 Å². The average Bonchev–Trinajstić information content (AvgIpc) is 2.47. The third kappa shape index (κ3) is 4.57. The van der Waals surface area contributed by atoms with Gasteiger partial charge < -0.3 is 10.8 Å². The van der Waals surface area contributed by atoms with Crippen LogP contribution >= 0.6 is 15.9 Å². The van der Waals surface area contributed by atoms with Crippen LogP contribution in [0.1, 0.15) is 56.4 Å². The summed E-state index contributed by atoms with van der Waals surface area (Å²) in [5.74, 6) is 0.871. The maximum atomic E-state index is 10.5. The fraction of sp³-hybridized carbons (Fsp3) is 0.647. The van der Waals surface area contributed by atoms with Crippen LogP contribution in [0.4, 0.5) is 0 Å². The van der Waals surface area contributed by atoms with Crippen LogP contribution in [0, 0.1) is 5.92 Å². The molecule has 1 aliphatic carbocycles. The standard InChI is InChI=1S/C17H26BrNO/c18-15-8-4-7-14(11-15)16(12-19)17(20)10-9-13-5-2-1-3-6-13/h4,7-8,11,13,16-17,20H,1-3,5-6,9-10,12,19H2. The SMILES string of the molecule is NCC(c1cccc(Br)c1)C(O)CCC1CCCCC1. The van der Waals surface area contributed by atoms with Gasteiger partial charge >= 0.3 is 0 Å². The molecule has 1 aromatic rings. The van der Waals surface area contributed by atoms with E-state index in [0.717, 1.165) is 28.8 Å². The van der Waals surface area contributed by atoms with Crippen molar-refractivity contribution in [3.05, 3.63) is 34.3 Å². The molecule has 3 N–H and O–H groups in total. The van der Waals surface area contributed by atoms with E-state index in [0.29, 0.717) is 6.54 Å². The van der Waals surface area contributed by atoms with E-state index in [-0.39, 0.29) is 12.0 Å². The monoisotopic (exact) mass is 339 g/mol. The van der Waals surface area contributed by atoms with Gasteiger partial charge in [-0.25, -0.2) is 0 Å². The van der Waals surface area contributed by atoms with Crippen molar-refractivity contribution in [2.45, 2.75) is 57.0 Å². The summed E-state index contributed by atoms with van der Waals surface area (Å²) in [6.45, 7) is 0.502. The Balaban J connectivity index is 1.89. The van der Waals surface area contributed by atoms with Gasteiger partial charge in [-0.3, -0.25) is 0 Å². The van der Waals surface area contributed by atoms with Gasteiger partial charge in [-0.1, -0.05) is 60.2 Å². The second-order valence-electron chi connectivity index (χ2n) is 6.05. The molecule has 0 heterocycles. The molecule has 0 aromatic heterocycles. The van der Waals surface area contributed by atoms with Crippen molar-refractivity contribution in [1.82, 2.24) is 0 Å². The van der Waals surface area contributed by atoms with Crippen molar-refractivity contribution in [3.8, 4) is 0 Å². The Morgan fingerprint density at radius 2 is 2.00 bits per heavy atom. The smallest absolute Gasteiger partial charge is 0.0621 e. The van der Waals surface area contributed by atoms with Crippen molar-refractivity contribution in [3.63, 3.8) is 0 Å². The zero-order valence-electron chi connectivity index (χ0n) is 12.1. The molecule has 0 amide bonds. The van der Waals surface area contributed by atoms with Gasteiger partial charge in [0.2, 0.25) is 0 Å². The lowest BCUT2D eigenvalue weighted by atomic mass is 9.83. The van der Waals surface area contributed by atoms with Crippen molar-refractivity contribution < 1.29 is 5.11 Å². The highest BCUT2D eigenvalue weighted by Crippen LogP contribution is 2.30. The first-order valence-electron chi connectivity index (χ1n) is 7.84. The van der Waals surface area contributed by atoms with E-state index >= 15 is 0 Å². The van der Waals surface area contributed by atoms with Crippen molar-refractivity contribution in [1.29, 1.82) is 0 Å². The van der Waals surface area contributed by atoms with E-state index in [1.54, 1.807) is 0 Å². The summed E-state index contributed by atoms with van der Waals surface area (Å²) >= 11 is 3.49. The van der Waals surface area contributed by atoms with E-state index in [1.165, 1.54) is 32.1 Å². The Morgan fingerprint density at radius 1 is 1.25 bits per heavy atom. The van der Waals surface area contributed by atoms with Gasteiger partial charge in [0, 0.05) is 16.9 Å². The predicted octanol–water partition coefficient (Wildman–Crippen LogP) is 4.21. The largest absolute Gasteiger partial charge is 0.392 e. The van der Waals surface area contributed by atoms with Gasteiger partial charge in [-0.2, -0.15) is 0 Å². The lowest BCUT2D eigenvalue weighted by Crippen LogP contribution is -2.26. The summed E-state index contributed by atoms with van der Waals surface area (Å²) in [6, 6.07) is 8.15. The topological polar surface area (TPSA) is 46.2 Å². The molecule has 0 saturated heterocycles. The van der Waals surface area contributed by atoms with Crippen molar-refractivity contribution in [2.24, 2.45) is 11.7 Å². The molecule has 0 radical (unpaired) electrons. The molecule has 1 fully saturated rings. The maximum absolute atomic E-state index is 10.5. The fourth-order valence-electron chi connectivity index (χ4n) is 3.34. The first-order chi connectivity index (χ1) is 9.70. The zero-order valence-corrected chi connectivity index (χ0v) is 13.7. The van der Waals surface area contributed by atoms with Gasteiger partial charge in [-0.15, -0.1) is 0 Å². The second-order valence-corrected chi connectivity index (χ2v) is 6.96. The minimum atomic E-state index is -0.323. The molecule has 1 aliphatic rings. The molecule has 2 rings (SSSR count). The lowest BCUT2D eigenvalue weighted by Gasteiger charge is -2.26. The number of aliphatic hydroxyl groups is 1. The van der Waals surface area contributed by atoms with Crippen molar-refractivity contribution in [2.75, 3.05) is 6.54 Å². The van der Waals surface area contributed by atoms with Gasteiger partial charge in [0.05, 0.1) is 6.10 Å². The number of hydrogen-bond acceptors (Lipinski definition) is 2. The third-order valence-corrected chi connectivity index (χ3v) is 5.08. The van der Waals surface area contributed by atoms with E-state index in [4.69, 9.17) is 5.73 Å². The summed E-state index contributed by atoms with van der Waals surface area (Å²) in [7, 11) is 0. The summed E-state index contributed by atoms with van der Waals surface area (Å²) in [5, 5.41) is 10.5. The van der Waals surface area contributed by atoms with Crippen LogP contribution in [0.5, 0.6) is 0 Å². The van der Waals surface area contributed by atoms with Crippen LogP contribution in [0.25, 0.3) is 0 Å². The second kappa shape index (κ2) is 8.16. The molecule has 0 bridgehead atoms. The minimum Gasteiger partial charge on any atom is -0.392 e. The molecule has 0 aliphatic heterocycles. The first kappa shape index (κ1) is 16.0. The highest BCUT2D eigenvalue weighted by atomic mass is 79.9. The van der Waals surface area contributed by atoms with Crippen LogP contribution in [0.15, 0.2) is 28.7 Å². The van der Waals surface area contributed by atoms with Crippen LogP contribution < -0.4 is 5.73 Å². The normalized spacial score (nSPS) is 19.8. The summed E-state index contributed by atoms with van der Waals surface area (Å²) in [6.07, 6.45) is 8.51. The number of benzene rings is 1. The Hall–Kier alpha value is -0.380. The Kier molecular flexibility index (Phi) is 6.53. The molecule has 2 atom stereocenters. The zero-order chi connectivity index (χ0) is 14.4. The molecule has 0 spiro atoms. The quantitative estimate of drug-likeness (QED) is 0.815. The molecule has 1 aromatic carbocycles. The Labute approximate surface area is 130 Å². The number of hydrogen-bond donors (Lipinski definition) is 2. The van der Waals surface area contributed by atoms with Crippen LogP contribution in [-0.4, -0.2) is 17.8 Å². The van der Waals surface area contributed by atoms with E-state index in [2.05, 4.69) is 28.1 Å². The predicted molar refractivity (Wildman–Crippen MR) is 87.8 cm³/mol. The van der Waals surface area contributed by atoms with E-state index in [1.807, 2.05) is 12.1 Å². The molecule has 3 heteroatoms. The van der Waals surface area contributed by atoms with Gasteiger partial charge in [0.15, 0.2) is 0 Å². The molecule has 20 heavy (non-hydrogen) atoms. The maximum Gasteiger partial charge on any atom is 0.0621 e. The number of halogens is 1. The molecule has 2 nitrogen and oxygen atoms in total. The summed E-state index contributed by atoms with van der Waals surface area (Å²) in [5.41, 5.74) is 7.03. The Morgan fingerprint density at radius 3 is 2.65 bits per heavy atom. The number of nitrogens with two attached hydrogens (primary N) is 1.